The van der Waals surface area contributed by atoms with Crippen LogP contribution >= 0.6 is 0 Å². The van der Waals surface area contributed by atoms with Crippen LogP contribution in [0.3, 0.4) is 0 Å². The molecule has 0 amide bonds. The second-order valence-corrected chi connectivity index (χ2v) is 6.44. The highest BCUT2D eigenvalue weighted by Crippen LogP contribution is 2.28. The lowest BCUT2D eigenvalue weighted by atomic mass is 10.1. The Bertz CT molecular complexity index is 829. The molecular weight excluding hydrogens is 302 g/mol. The molecule has 0 bridgehead atoms. The number of pyridine rings is 1. The van der Waals surface area contributed by atoms with Crippen LogP contribution in [0.1, 0.15) is 19.7 Å². The Kier molecular flexibility index (Phi) is 4.33. The zero-order valence-electron chi connectivity index (χ0n) is 14.8. The first-order chi connectivity index (χ1) is 11.5. The topological polar surface area (TPSA) is 64.7 Å². The highest BCUT2D eigenvalue weighted by atomic mass is 15.4. The molecule has 126 valence electrons. The zero-order chi connectivity index (χ0) is 17.3. The third kappa shape index (κ3) is 3.02. The number of nitrogens with zero attached hydrogens (tertiary/aromatic N) is 7. The minimum atomic E-state index is 0.488. The summed E-state index contributed by atoms with van der Waals surface area (Å²) in [6.07, 6.45) is 4.38. The predicted octanol–water partition coefficient (Wildman–Crippen LogP) is 2.33. The molecule has 3 aromatic heterocycles. The molecule has 0 saturated carbocycles. The van der Waals surface area contributed by atoms with Crippen LogP contribution in [-0.4, -0.2) is 43.6 Å². The second-order valence-electron chi connectivity index (χ2n) is 6.44. The van der Waals surface area contributed by atoms with Crippen molar-refractivity contribution in [2.45, 2.75) is 20.3 Å². The van der Waals surface area contributed by atoms with Gasteiger partial charge in [0.15, 0.2) is 17.5 Å². The van der Waals surface area contributed by atoms with E-state index in [2.05, 4.69) is 23.9 Å². The SMILES string of the molecule is CC(C)Cc1nc(-c2cccnc2N(C)C)n(-c2ccnn2C)n1. The fraction of sp³-hybridized carbons (Fsp3) is 0.412. The maximum absolute atomic E-state index is 4.80. The van der Waals surface area contributed by atoms with Crippen molar-refractivity contribution in [1.82, 2.24) is 29.5 Å². The first kappa shape index (κ1) is 16.2. The highest BCUT2D eigenvalue weighted by molar-refractivity contribution is 5.71. The average molecular weight is 325 g/mol. The van der Waals surface area contributed by atoms with Crippen LogP contribution in [0.2, 0.25) is 0 Å². The van der Waals surface area contributed by atoms with Crippen molar-refractivity contribution < 1.29 is 0 Å². The molecule has 0 unspecified atom stereocenters. The van der Waals surface area contributed by atoms with Crippen molar-refractivity contribution in [3.05, 3.63) is 36.4 Å². The fourth-order valence-electron chi connectivity index (χ4n) is 2.64. The lowest BCUT2D eigenvalue weighted by molar-refractivity contribution is 0.614. The van der Waals surface area contributed by atoms with Gasteiger partial charge in [0.25, 0.3) is 0 Å². The molecule has 3 heterocycles. The molecule has 0 spiro atoms. The van der Waals surface area contributed by atoms with Gasteiger partial charge in [0, 0.05) is 39.8 Å². The zero-order valence-corrected chi connectivity index (χ0v) is 14.8. The van der Waals surface area contributed by atoms with Crippen molar-refractivity contribution in [3.63, 3.8) is 0 Å². The molecule has 3 aromatic rings. The quantitative estimate of drug-likeness (QED) is 0.720. The third-order valence-corrected chi connectivity index (χ3v) is 3.71. The predicted molar refractivity (Wildman–Crippen MR) is 94.2 cm³/mol. The van der Waals surface area contributed by atoms with E-state index in [4.69, 9.17) is 10.1 Å². The monoisotopic (exact) mass is 325 g/mol. The third-order valence-electron chi connectivity index (χ3n) is 3.71. The van der Waals surface area contributed by atoms with Gasteiger partial charge in [-0.05, 0) is 18.1 Å². The smallest absolute Gasteiger partial charge is 0.168 e. The van der Waals surface area contributed by atoms with E-state index in [1.807, 2.05) is 48.9 Å². The summed E-state index contributed by atoms with van der Waals surface area (Å²) in [5.74, 6) is 3.84. The van der Waals surface area contributed by atoms with Gasteiger partial charge in [0.2, 0.25) is 0 Å². The first-order valence-corrected chi connectivity index (χ1v) is 8.04. The maximum atomic E-state index is 4.80. The summed E-state index contributed by atoms with van der Waals surface area (Å²) in [6.45, 7) is 4.33. The van der Waals surface area contributed by atoms with Crippen LogP contribution in [0.25, 0.3) is 17.2 Å². The molecule has 0 aliphatic heterocycles. The van der Waals surface area contributed by atoms with Crippen LogP contribution < -0.4 is 4.90 Å². The summed E-state index contributed by atoms with van der Waals surface area (Å²) in [7, 11) is 5.86. The number of aryl methyl sites for hydroxylation is 1. The summed E-state index contributed by atoms with van der Waals surface area (Å²) in [6, 6.07) is 5.88. The van der Waals surface area contributed by atoms with Crippen LogP contribution in [0.15, 0.2) is 30.6 Å². The molecule has 7 nitrogen and oxygen atoms in total. The average Bonchev–Trinajstić information content (AvgIpc) is 3.12. The van der Waals surface area contributed by atoms with Crippen molar-refractivity contribution in [1.29, 1.82) is 0 Å². The summed E-state index contributed by atoms with van der Waals surface area (Å²) in [5, 5.41) is 8.99. The number of anilines is 1. The van der Waals surface area contributed by atoms with Gasteiger partial charge in [0.1, 0.15) is 5.82 Å². The Balaban J connectivity index is 2.20. The van der Waals surface area contributed by atoms with Crippen LogP contribution in [0.4, 0.5) is 5.82 Å². The molecule has 0 atom stereocenters. The lowest BCUT2D eigenvalue weighted by Gasteiger charge is -2.15. The van der Waals surface area contributed by atoms with Gasteiger partial charge in [-0.1, -0.05) is 13.8 Å². The molecule has 0 N–H and O–H groups in total. The molecule has 3 rings (SSSR count). The van der Waals surface area contributed by atoms with Crippen molar-refractivity contribution in [3.8, 4) is 17.2 Å². The molecular formula is C17H23N7. The van der Waals surface area contributed by atoms with Crippen LogP contribution in [0.5, 0.6) is 0 Å². The highest BCUT2D eigenvalue weighted by Gasteiger charge is 2.20. The van der Waals surface area contributed by atoms with Gasteiger partial charge in [-0.3, -0.25) is 4.68 Å². The van der Waals surface area contributed by atoms with E-state index in [-0.39, 0.29) is 0 Å². The first-order valence-electron chi connectivity index (χ1n) is 8.04. The minimum absolute atomic E-state index is 0.488. The van der Waals surface area contributed by atoms with E-state index in [0.29, 0.717) is 5.92 Å². The molecule has 0 radical (unpaired) electrons. The summed E-state index contributed by atoms with van der Waals surface area (Å²) in [5.41, 5.74) is 0.950. The van der Waals surface area contributed by atoms with Crippen molar-refractivity contribution in [2.24, 2.45) is 13.0 Å². The van der Waals surface area contributed by atoms with Gasteiger partial charge >= 0.3 is 0 Å². The summed E-state index contributed by atoms with van der Waals surface area (Å²) < 4.78 is 3.65. The number of rotatable bonds is 5. The Morgan fingerprint density at radius 2 is 1.96 bits per heavy atom. The molecule has 0 saturated heterocycles. The van der Waals surface area contributed by atoms with Gasteiger partial charge in [-0.25, -0.2) is 9.97 Å². The van der Waals surface area contributed by atoms with Crippen LogP contribution in [0, 0.1) is 5.92 Å². The van der Waals surface area contributed by atoms with E-state index >= 15 is 0 Å². The molecule has 0 aliphatic rings. The van der Waals surface area contributed by atoms with Gasteiger partial charge in [-0.2, -0.15) is 9.78 Å². The Labute approximate surface area is 142 Å². The fourth-order valence-corrected chi connectivity index (χ4v) is 2.64. The Morgan fingerprint density at radius 3 is 2.58 bits per heavy atom. The Morgan fingerprint density at radius 1 is 1.17 bits per heavy atom. The van der Waals surface area contributed by atoms with E-state index in [9.17, 15) is 0 Å². The molecule has 24 heavy (non-hydrogen) atoms. The standard InChI is InChI=1S/C17H23N7/c1-12(2)11-14-20-17(13-7-6-9-18-16(13)22(3)4)24(21-14)15-8-10-19-23(15)5/h6-10,12H,11H2,1-5H3. The normalized spacial score (nSPS) is 11.2. The van der Waals surface area contributed by atoms with Crippen molar-refractivity contribution in [2.75, 3.05) is 19.0 Å². The van der Waals surface area contributed by atoms with E-state index in [1.54, 1.807) is 17.1 Å². The van der Waals surface area contributed by atoms with E-state index in [0.717, 1.165) is 35.3 Å². The molecule has 0 aromatic carbocycles. The largest absolute Gasteiger partial charge is 0.362 e. The maximum Gasteiger partial charge on any atom is 0.168 e. The van der Waals surface area contributed by atoms with E-state index < -0.39 is 0 Å². The van der Waals surface area contributed by atoms with Gasteiger partial charge in [0.05, 0.1) is 11.8 Å². The van der Waals surface area contributed by atoms with E-state index in [1.165, 1.54) is 0 Å². The molecule has 0 aliphatic carbocycles. The lowest BCUT2D eigenvalue weighted by Crippen LogP contribution is -2.13. The molecule has 0 fully saturated rings. The van der Waals surface area contributed by atoms with Crippen LogP contribution in [-0.2, 0) is 13.5 Å². The number of hydrogen-bond donors (Lipinski definition) is 0. The number of hydrogen-bond acceptors (Lipinski definition) is 5. The summed E-state index contributed by atoms with van der Waals surface area (Å²) >= 11 is 0. The van der Waals surface area contributed by atoms with Crippen molar-refractivity contribution >= 4 is 5.82 Å². The number of aromatic nitrogens is 6. The van der Waals surface area contributed by atoms with Gasteiger partial charge < -0.3 is 4.90 Å². The van der Waals surface area contributed by atoms with Gasteiger partial charge in [-0.15, -0.1) is 5.10 Å². The minimum Gasteiger partial charge on any atom is -0.362 e. The Hall–Kier alpha value is -2.70. The summed E-state index contributed by atoms with van der Waals surface area (Å²) in [4.78, 5) is 11.3. The second kappa shape index (κ2) is 6.43. The molecule has 7 heteroatoms.